The first-order valence-corrected chi connectivity index (χ1v) is 7.58. The van der Waals surface area contributed by atoms with Crippen LogP contribution in [0.1, 0.15) is 0 Å². The molecule has 0 bridgehead atoms. The zero-order valence-corrected chi connectivity index (χ0v) is 13.2. The van der Waals surface area contributed by atoms with E-state index in [1.165, 1.54) is 0 Å². The Hall–Kier alpha value is -3.06. The molecule has 4 rings (SSSR count). The van der Waals surface area contributed by atoms with Crippen molar-refractivity contribution in [2.24, 2.45) is 0 Å². The third-order valence-corrected chi connectivity index (χ3v) is 3.90. The van der Waals surface area contributed by atoms with Gasteiger partial charge < -0.3 is 10.4 Å². The molecule has 0 aliphatic rings. The summed E-state index contributed by atoms with van der Waals surface area (Å²) in [7, 11) is 0. The van der Waals surface area contributed by atoms with Crippen LogP contribution in [0.4, 0.5) is 11.5 Å². The maximum Gasteiger partial charge on any atom is 0.178 e. The van der Waals surface area contributed by atoms with Crippen LogP contribution < -0.4 is 5.32 Å². The van der Waals surface area contributed by atoms with E-state index < -0.39 is 0 Å². The Bertz CT molecular complexity index is 1070. The number of hydrogen-bond donors (Lipinski definition) is 3. The minimum atomic E-state index is 0.0207. The highest BCUT2D eigenvalue weighted by molar-refractivity contribution is 6.34. The summed E-state index contributed by atoms with van der Waals surface area (Å²) in [5.41, 5.74) is 3.24. The Balaban J connectivity index is 1.73. The number of pyridine rings is 1. The van der Waals surface area contributed by atoms with Crippen LogP contribution >= 0.6 is 11.6 Å². The van der Waals surface area contributed by atoms with Gasteiger partial charge in [-0.1, -0.05) is 18.2 Å². The van der Waals surface area contributed by atoms with Crippen molar-refractivity contribution in [1.29, 1.82) is 0 Å². The van der Waals surface area contributed by atoms with E-state index in [0.717, 1.165) is 27.6 Å². The van der Waals surface area contributed by atoms with Crippen molar-refractivity contribution in [2.45, 2.75) is 6.54 Å². The highest BCUT2D eigenvalue weighted by atomic mass is 35.5. The minimum Gasteiger partial charge on any atom is -0.511 e. The smallest absolute Gasteiger partial charge is 0.178 e. The van der Waals surface area contributed by atoms with Gasteiger partial charge in [0, 0.05) is 17.3 Å². The van der Waals surface area contributed by atoms with Crippen LogP contribution in [0.15, 0.2) is 48.9 Å². The summed E-state index contributed by atoms with van der Waals surface area (Å²) in [6, 6.07) is 9.40. The molecule has 3 heterocycles. The van der Waals surface area contributed by atoms with Crippen molar-refractivity contribution in [1.82, 2.24) is 25.0 Å². The average Bonchev–Trinajstić information content (AvgIpc) is 3.09. The van der Waals surface area contributed by atoms with Gasteiger partial charge in [0.05, 0.1) is 17.6 Å². The molecule has 0 atom stereocenters. The van der Waals surface area contributed by atoms with Crippen molar-refractivity contribution in [3.8, 4) is 0 Å². The van der Waals surface area contributed by atoms with E-state index in [1.807, 2.05) is 30.3 Å². The van der Waals surface area contributed by atoms with Crippen LogP contribution in [0.25, 0.3) is 21.9 Å². The Morgan fingerprint density at radius 1 is 1.38 bits per heavy atom. The predicted octanol–water partition coefficient (Wildman–Crippen LogP) is 3.78. The van der Waals surface area contributed by atoms with E-state index in [4.69, 9.17) is 11.6 Å². The summed E-state index contributed by atoms with van der Waals surface area (Å²) >= 11 is 6.20. The number of nitrogens with zero attached hydrogens (tertiary/aromatic N) is 4. The first-order chi connectivity index (χ1) is 11.6. The first-order valence-electron chi connectivity index (χ1n) is 7.21. The summed E-state index contributed by atoms with van der Waals surface area (Å²) in [4.78, 5) is 4.32. The molecule has 0 saturated heterocycles. The van der Waals surface area contributed by atoms with E-state index >= 15 is 0 Å². The summed E-state index contributed by atoms with van der Waals surface area (Å²) in [6.45, 7) is 3.68. The molecule has 3 N–H and O–H groups in total. The molecule has 1 aromatic carbocycles. The van der Waals surface area contributed by atoms with Gasteiger partial charge in [-0.3, -0.25) is 14.8 Å². The zero-order valence-electron chi connectivity index (χ0n) is 12.5. The number of hydrogen-bond acceptors (Lipinski definition) is 5. The number of anilines is 2. The van der Waals surface area contributed by atoms with Crippen molar-refractivity contribution < 1.29 is 5.11 Å². The fraction of sp³-hybridized carbons (Fsp3) is 0.0625. The van der Waals surface area contributed by atoms with Gasteiger partial charge >= 0.3 is 0 Å². The van der Waals surface area contributed by atoms with Gasteiger partial charge in [-0.2, -0.15) is 10.2 Å². The Labute approximate surface area is 141 Å². The van der Waals surface area contributed by atoms with Gasteiger partial charge in [0.1, 0.15) is 11.3 Å². The number of rotatable bonds is 4. The normalized spacial score (nSPS) is 11.2. The summed E-state index contributed by atoms with van der Waals surface area (Å²) in [5, 5.41) is 25.1. The van der Waals surface area contributed by atoms with Gasteiger partial charge in [-0.25, -0.2) is 0 Å². The van der Waals surface area contributed by atoms with Gasteiger partial charge in [-0.15, -0.1) is 0 Å². The SMILES string of the molecule is C=C(O)Cn1nc(Cl)c2cc(Nc3n[nH]c4cccnc34)ccc21. The number of aromatic amines is 1. The van der Waals surface area contributed by atoms with E-state index in [2.05, 4.69) is 32.2 Å². The van der Waals surface area contributed by atoms with E-state index in [9.17, 15) is 5.11 Å². The van der Waals surface area contributed by atoms with Crippen molar-refractivity contribution in [2.75, 3.05) is 5.32 Å². The third kappa shape index (κ3) is 2.44. The Kier molecular flexibility index (Phi) is 3.35. The molecule has 0 fully saturated rings. The lowest BCUT2D eigenvalue weighted by atomic mass is 10.2. The van der Waals surface area contributed by atoms with Gasteiger partial charge in [0.25, 0.3) is 0 Å². The second kappa shape index (κ2) is 5.54. The molecule has 0 aliphatic carbocycles. The maximum atomic E-state index is 9.37. The standard InChI is InChI=1S/C16H13ClN6O/c1-9(24)8-23-13-5-4-10(7-11(13)15(17)22-23)19-16-14-12(20-21-16)3-2-6-18-14/h2-7,24H,1,8H2,(H2,19,20,21). The topological polar surface area (TPSA) is 91.6 Å². The van der Waals surface area contributed by atoms with E-state index in [0.29, 0.717) is 11.0 Å². The highest BCUT2D eigenvalue weighted by Crippen LogP contribution is 2.29. The third-order valence-electron chi connectivity index (χ3n) is 3.62. The fourth-order valence-corrected chi connectivity index (χ4v) is 2.83. The molecule has 24 heavy (non-hydrogen) atoms. The summed E-state index contributed by atoms with van der Waals surface area (Å²) in [6.07, 6.45) is 1.72. The Morgan fingerprint density at radius 3 is 3.08 bits per heavy atom. The van der Waals surface area contributed by atoms with Crippen LogP contribution in [0, 0.1) is 0 Å². The second-order valence-electron chi connectivity index (χ2n) is 5.34. The number of aliphatic hydroxyl groups is 1. The lowest BCUT2D eigenvalue weighted by Gasteiger charge is -2.05. The number of H-pyrrole nitrogens is 1. The van der Waals surface area contributed by atoms with Crippen LogP contribution in [-0.4, -0.2) is 30.1 Å². The van der Waals surface area contributed by atoms with Crippen LogP contribution in [-0.2, 0) is 6.54 Å². The van der Waals surface area contributed by atoms with E-state index in [1.54, 1.807) is 10.9 Å². The quantitative estimate of drug-likeness (QED) is 0.492. The van der Waals surface area contributed by atoms with Gasteiger partial charge in [0.2, 0.25) is 0 Å². The van der Waals surface area contributed by atoms with Gasteiger partial charge in [-0.05, 0) is 30.3 Å². The lowest BCUT2D eigenvalue weighted by Crippen LogP contribution is -2.01. The zero-order chi connectivity index (χ0) is 16.7. The van der Waals surface area contributed by atoms with E-state index in [-0.39, 0.29) is 12.3 Å². The van der Waals surface area contributed by atoms with Gasteiger partial charge in [0.15, 0.2) is 11.0 Å². The molecule has 7 nitrogen and oxygen atoms in total. The second-order valence-corrected chi connectivity index (χ2v) is 5.70. The monoisotopic (exact) mass is 340 g/mol. The molecule has 0 unspecified atom stereocenters. The van der Waals surface area contributed by atoms with Crippen molar-refractivity contribution in [3.05, 3.63) is 54.0 Å². The molecule has 0 radical (unpaired) electrons. The van der Waals surface area contributed by atoms with Crippen LogP contribution in [0.5, 0.6) is 0 Å². The molecule has 8 heteroatoms. The molecule has 120 valence electrons. The predicted molar refractivity (Wildman–Crippen MR) is 93.7 cm³/mol. The lowest BCUT2D eigenvalue weighted by molar-refractivity contribution is 0.373. The summed E-state index contributed by atoms with van der Waals surface area (Å²) in [5.74, 6) is 0.657. The molecule has 4 aromatic rings. The summed E-state index contributed by atoms with van der Waals surface area (Å²) < 4.78 is 1.61. The number of allylic oxidation sites excluding steroid dienone is 1. The van der Waals surface area contributed by atoms with Crippen molar-refractivity contribution in [3.63, 3.8) is 0 Å². The molecule has 0 amide bonds. The molecular formula is C16H13ClN6O. The maximum absolute atomic E-state index is 9.37. The molecule has 0 saturated carbocycles. The van der Waals surface area contributed by atoms with Crippen molar-refractivity contribution >= 4 is 45.0 Å². The number of fused-ring (bicyclic) bond motifs is 2. The number of nitrogens with one attached hydrogen (secondary N) is 2. The Morgan fingerprint density at radius 2 is 2.25 bits per heavy atom. The largest absolute Gasteiger partial charge is 0.511 e. The molecule has 0 aliphatic heterocycles. The fourth-order valence-electron chi connectivity index (χ4n) is 2.59. The van der Waals surface area contributed by atoms with Crippen LogP contribution in [0.3, 0.4) is 0 Å². The number of halogens is 1. The minimum absolute atomic E-state index is 0.0207. The number of benzene rings is 1. The number of aromatic nitrogens is 5. The average molecular weight is 341 g/mol. The number of aliphatic hydroxyl groups excluding tert-OH is 1. The molecule has 3 aromatic heterocycles. The molecule has 0 spiro atoms. The first kappa shape index (κ1) is 14.5. The molecular weight excluding hydrogens is 328 g/mol. The van der Waals surface area contributed by atoms with Crippen LogP contribution in [0.2, 0.25) is 5.15 Å². The highest BCUT2D eigenvalue weighted by Gasteiger charge is 2.12.